The number of rotatable bonds is 6. The van der Waals surface area contributed by atoms with Crippen molar-refractivity contribution in [2.45, 2.75) is 32.2 Å². The van der Waals surface area contributed by atoms with Crippen LogP contribution in [0.5, 0.6) is 0 Å². The fraction of sp³-hybridized carbons (Fsp3) is 0.316. The van der Waals surface area contributed by atoms with Crippen molar-refractivity contribution in [2.24, 2.45) is 0 Å². The molecule has 0 spiro atoms. The first kappa shape index (κ1) is 15.6. The Balaban J connectivity index is 1.39. The van der Waals surface area contributed by atoms with Crippen molar-refractivity contribution >= 4 is 22.8 Å². The number of benzene rings is 1. The first-order valence-corrected chi connectivity index (χ1v) is 8.64. The normalized spacial score (nSPS) is 13.8. The van der Waals surface area contributed by atoms with E-state index in [1.807, 2.05) is 25.3 Å². The van der Waals surface area contributed by atoms with Crippen molar-refractivity contribution < 1.29 is 4.79 Å². The molecule has 1 amide bonds. The lowest BCUT2D eigenvalue weighted by Crippen LogP contribution is -2.27. The third-order valence-corrected chi connectivity index (χ3v) is 4.35. The van der Waals surface area contributed by atoms with E-state index in [0.717, 1.165) is 30.5 Å². The number of amides is 1. The lowest BCUT2D eigenvalue weighted by molar-refractivity contribution is 0.0949. The number of nitrogens with zero attached hydrogens (tertiary/aromatic N) is 2. The van der Waals surface area contributed by atoms with Crippen LogP contribution in [0.1, 0.15) is 34.6 Å². The molecular formula is C19H21N5O. The highest BCUT2D eigenvalue weighted by atomic mass is 16.1. The van der Waals surface area contributed by atoms with Gasteiger partial charge in [0.2, 0.25) is 5.95 Å². The van der Waals surface area contributed by atoms with E-state index in [0.29, 0.717) is 24.2 Å². The number of aromatic amines is 1. The Morgan fingerprint density at radius 1 is 1.28 bits per heavy atom. The van der Waals surface area contributed by atoms with Gasteiger partial charge in [0.15, 0.2) is 0 Å². The second-order valence-corrected chi connectivity index (χ2v) is 6.50. The molecule has 1 aliphatic carbocycles. The molecule has 1 aliphatic rings. The smallest absolute Gasteiger partial charge is 0.270 e. The molecule has 0 aliphatic heterocycles. The monoisotopic (exact) mass is 335 g/mol. The van der Waals surface area contributed by atoms with E-state index >= 15 is 0 Å². The zero-order valence-electron chi connectivity index (χ0n) is 14.2. The molecule has 1 fully saturated rings. The summed E-state index contributed by atoms with van der Waals surface area (Å²) in [7, 11) is 0. The van der Waals surface area contributed by atoms with E-state index < -0.39 is 0 Å². The predicted molar refractivity (Wildman–Crippen MR) is 97.7 cm³/mol. The maximum atomic E-state index is 12.4. The molecule has 0 atom stereocenters. The Hall–Kier alpha value is -2.89. The molecule has 3 aromatic rings. The van der Waals surface area contributed by atoms with E-state index in [2.05, 4.69) is 37.7 Å². The molecule has 6 nitrogen and oxygen atoms in total. The number of anilines is 1. The summed E-state index contributed by atoms with van der Waals surface area (Å²) in [6.45, 7) is 2.44. The summed E-state index contributed by atoms with van der Waals surface area (Å²) in [5.74, 6) is 0.383. The largest absolute Gasteiger partial charge is 0.361 e. The van der Waals surface area contributed by atoms with Gasteiger partial charge in [0, 0.05) is 35.4 Å². The molecule has 0 saturated heterocycles. The number of aromatic nitrogens is 3. The van der Waals surface area contributed by atoms with Gasteiger partial charge in [0.25, 0.3) is 5.91 Å². The van der Waals surface area contributed by atoms with E-state index in [9.17, 15) is 4.79 Å². The van der Waals surface area contributed by atoms with Crippen molar-refractivity contribution in [1.29, 1.82) is 0 Å². The number of fused-ring (bicyclic) bond motifs is 1. The topological polar surface area (TPSA) is 82.7 Å². The van der Waals surface area contributed by atoms with Gasteiger partial charge < -0.3 is 15.6 Å². The SMILES string of the molecule is Cc1cc(C(=O)NCCc2c[nH]c3ccccc23)nc(NC2CC2)n1. The average Bonchev–Trinajstić information content (AvgIpc) is 3.32. The number of aryl methyl sites for hydroxylation is 1. The van der Waals surface area contributed by atoms with Crippen LogP contribution in [0, 0.1) is 6.92 Å². The van der Waals surface area contributed by atoms with Crippen LogP contribution in [0.4, 0.5) is 5.95 Å². The summed E-state index contributed by atoms with van der Waals surface area (Å²) in [5.41, 5.74) is 3.52. The van der Waals surface area contributed by atoms with Crippen LogP contribution >= 0.6 is 0 Å². The summed E-state index contributed by atoms with van der Waals surface area (Å²) in [6.07, 6.45) is 5.06. The number of para-hydroxylation sites is 1. The molecule has 3 N–H and O–H groups in total. The number of carbonyl (C=O) groups excluding carboxylic acids is 1. The molecule has 128 valence electrons. The van der Waals surface area contributed by atoms with Crippen LogP contribution in [0.25, 0.3) is 10.9 Å². The molecule has 6 heteroatoms. The van der Waals surface area contributed by atoms with Crippen LogP contribution in [-0.2, 0) is 6.42 Å². The van der Waals surface area contributed by atoms with E-state index in [-0.39, 0.29) is 5.91 Å². The van der Waals surface area contributed by atoms with Crippen LogP contribution in [0.15, 0.2) is 36.5 Å². The second kappa shape index (κ2) is 6.55. The number of hydrogen-bond donors (Lipinski definition) is 3. The number of H-pyrrole nitrogens is 1. The fourth-order valence-corrected chi connectivity index (χ4v) is 2.90. The zero-order chi connectivity index (χ0) is 17.2. The van der Waals surface area contributed by atoms with Crippen LogP contribution < -0.4 is 10.6 Å². The lowest BCUT2D eigenvalue weighted by atomic mass is 10.1. The Bertz CT molecular complexity index is 913. The Kier molecular flexibility index (Phi) is 4.09. The summed E-state index contributed by atoms with van der Waals surface area (Å²) in [4.78, 5) is 24.3. The van der Waals surface area contributed by atoms with Crippen LogP contribution in [-0.4, -0.2) is 33.4 Å². The maximum absolute atomic E-state index is 12.4. The van der Waals surface area contributed by atoms with Crippen molar-refractivity contribution in [2.75, 3.05) is 11.9 Å². The van der Waals surface area contributed by atoms with Gasteiger partial charge in [0.1, 0.15) is 5.69 Å². The Morgan fingerprint density at radius 3 is 2.96 bits per heavy atom. The van der Waals surface area contributed by atoms with Gasteiger partial charge >= 0.3 is 0 Å². The van der Waals surface area contributed by atoms with Crippen LogP contribution in [0.2, 0.25) is 0 Å². The Labute approximate surface area is 146 Å². The van der Waals surface area contributed by atoms with Gasteiger partial charge in [0.05, 0.1) is 0 Å². The quantitative estimate of drug-likeness (QED) is 0.647. The van der Waals surface area contributed by atoms with Crippen LogP contribution in [0.3, 0.4) is 0 Å². The minimum atomic E-state index is -0.163. The van der Waals surface area contributed by atoms with Gasteiger partial charge in [-0.25, -0.2) is 9.97 Å². The van der Waals surface area contributed by atoms with Crippen molar-refractivity contribution in [3.05, 3.63) is 53.5 Å². The van der Waals surface area contributed by atoms with E-state index in [1.54, 1.807) is 6.07 Å². The molecule has 2 heterocycles. The summed E-state index contributed by atoms with van der Waals surface area (Å²) >= 11 is 0. The summed E-state index contributed by atoms with van der Waals surface area (Å²) in [5, 5.41) is 7.40. The van der Waals surface area contributed by atoms with Crippen molar-refractivity contribution in [1.82, 2.24) is 20.3 Å². The first-order chi connectivity index (χ1) is 12.2. The highest BCUT2D eigenvalue weighted by molar-refractivity contribution is 5.92. The lowest BCUT2D eigenvalue weighted by Gasteiger charge is -2.08. The van der Waals surface area contributed by atoms with Gasteiger partial charge in [-0.05, 0) is 43.9 Å². The van der Waals surface area contributed by atoms with Crippen molar-refractivity contribution in [3.63, 3.8) is 0 Å². The minimum absolute atomic E-state index is 0.163. The predicted octanol–water partition coefficient (Wildman–Crippen LogP) is 2.81. The van der Waals surface area contributed by atoms with E-state index in [1.165, 1.54) is 10.9 Å². The number of nitrogens with one attached hydrogen (secondary N) is 3. The van der Waals surface area contributed by atoms with Gasteiger partial charge in [-0.15, -0.1) is 0 Å². The summed E-state index contributed by atoms with van der Waals surface area (Å²) < 4.78 is 0. The number of carbonyl (C=O) groups is 1. The highest BCUT2D eigenvalue weighted by Crippen LogP contribution is 2.23. The molecule has 0 bridgehead atoms. The van der Waals surface area contributed by atoms with Gasteiger partial charge in [-0.3, -0.25) is 4.79 Å². The standard InChI is InChI=1S/C19H21N5O/c1-12-10-17(24-19(22-12)23-14-6-7-14)18(25)20-9-8-13-11-21-16-5-3-2-4-15(13)16/h2-5,10-11,14,21H,6-9H2,1H3,(H,20,25)(H,22,23,24). The molecule has 2 aromatic heterocycles. The zero-order valence-corrected chi connectivity index (χ0v) is 14.2. The number of hydrogen-bond acceptors (Lipinski definition) is 4. The summed E-state index contributed by atoms with van der Waals surface area (Å²) in [6, 6.07) is 10.4. The highest BCUT2D eigenvalue weighted by Gasteiger charge is 2.22. The average molecular weight is 335 g/mol. The third kappa shape index (κ3) is 3.63. The van der Waals surface area contributed by atoms with Crippen molar-refractivity contribution in [3.8, 4) is 0 Å². The molecule has 0 unspecified atom stereocenters. The molecular weight excluding hydrogens is 314 g/mol. The molecule has 4 rings (SSSR count). The molecule has 0 radical (unpaired) electrons. The molecule has 1 saturated carbocycles. The fourth-order valence-electron chi connectivity index (χ4n) is 2.90. The maximum Gasteiger partial charge on any atom is 0.270 e. The second-order valence-electron chi connectivity index (χ2n) is 6.50. The molecule has 1 aromatic carbocycles. The molecule has 25 heavy (non-hydrogen) atoms. The minimum Gasteiger partial charge on any atom is -0.361 e. The third-order valence-electron chi connectivity index (χ3n) is 4.35. The first-order valence-electron chi connectivity index (χ1n) is 8.64. The van der Waals surface area contributed by atoms with E-state index in [4.69, 9.17) is 0 Å². The Morgan fingerprint density at radius 2 is 2.12 bits per heavy atom. The van der Waals surface area contributed by atoms with Gasteiger partial charge in [-0.1, -0.05) is 18.2 Å². The van der Waals surface area contributed by atoms with Gasteiger partial charge in [-0.2, -0.15) is 0 Å².